The molecule has 0 aromatic heterocycles. The molecule has 4 saturated carbocycles. The molecular weight excluding hydrogens is 668 g/mol. The van der Waals surface area contributed by atoms with E-state index in [9.17, 15) is 13.2 Å². The summed E-state index contributed by atoms with van der Waals surface area (Å²) in [4.78, 5) is 12.7. The number of alkyl halides is 1. The van der Waals surface area contributed by atoms with Crippen molar-refractivity contribution in [3.05, 3.63) is 24.3 Å². The summed E-state index contributed by atoms with van der Waals surface area (Å²) < 4.78 is 57.0. The molecule has 5 rings (SSSR count). The predicted octanol–water partition coefficient (Wildman–Crippen LogP) is 9.59. The maximum absolute atomic E-state index is 16.6. The minimum absolute atomic E-state index is 0.000962. The highest BCUT2D eigenvalue weighted by atomic mass is 32.2. The molecule has 4 fully saturated rings. The molecule has 2 amide bonds. The summed E-state index contributed by atoms with van der Waals surface area (Å²) in [5.41, 5.74) is 0.146. The quantitative estimate of drug-likeness (QED) is 0.234. The van der Waals surface area contributed by atoms with E-state index in [0.717, 1.165) is 44.9 Å². The number of amides is 2. The number of hydrogen-bond acceptors (Lipinski definition) is 5. The normalized spacial score (nSPS) is 38.0. The highest BCUT2D eigenvalue weighted by Gasteiger charge is 2.67. The number of ether oxygens (including phenoxy) is 1. The van der Waals surface area contributed by atoms with Crippen molar-refractivity contribution in [3.8, 4) is 5.75 Å². The van der Waals surface area contributed by atoms with Gasteiger partial charge in [-0.3, -0.25) is 0 Å². The number of methoxy groups -OCH3 is 1. The van der Waals surface area contributed by atoms with E-state index in [4.69, 9.17) is 9.16 Å². The second-order valence-corrected chi connectivity index (χ2v) is 25.2. The summed E-state index contributed by atoms with van der Waals surface area (Å²) in [7, 11) is -4.62. The third-order valence-electron chi connectivity index (χ3n) is 15.2. The van der Waals surface area contributed by atoms with E-state index < -0.39 is 30.5 Å². The fourth-order valence-corrected chi connectivity index (χ4v) is 13.7. The van der Waals surface area contributed by atoms with Gasteiger partial charge >= 0.3 is 6.03 Å². The first-order chi connectivity index (χ1) is 23.2. The van der Waals surface area contributed by atoms with Gasteiger partial charge in [-0.2, -0.15) is 0 Å². The smallest absolute Gasteiger partial charge is 0.328 e. The van der Waals surface area contributed by atoms with Gasteiger partial charge in [0.25, 0.3) is 10.0 Å². The van der Waals surface area contributed by atoms with E-state index in [1.165, 1.54) is 25.7 Å². The molecule has 12 atom stereocenters. The first-order valence-electron chi connectivity index (χ1n) is 19.5. The van der Waals surface area contributed by atoms with Crippen LogP contribution in [0.5, 0.6) is 5.75 Å². The largest absolute Gasteiger partial charge is 0.497 e. The van der Waals surface area contributed by atoms with Crippen molar-refractivity contribution in [2.24, 2.45) is 58.2 Å². The Morgan fingerprint density at radius 1 is 1.04 bits per heavy atom. The van der Waals surface area contributed by atoms with Gasteiger partial charge in [-0.15, -0.1) is 0 Å². The van der Waals surface area contributed by atoms with Crippen molar-refractivity contribution in [3.63, 3.8) is 0 Å². The lowest BCUT2D eigenvalue weighted by atomic mass is 9.40. The molecule has 0 bridgehead atoms. The number of sulfonamides is 1. The van der Waals surface area contributed by atoms with E-state index in [0.29, 0.717) is 41.9 Å². The molecular formula is C40H67FN2O5SSi. The Hall–Kier alpha value is -1.65. The molecule has 0 aliphatic heterocycles. The fourth-order valence-electron chi connectivity index (χ4n) is 11.4. The lowest BCUT2D eigenvalue weighted by Crippen LogP contribution is -2.66. The molecule has 5 unspecified atom stereocenters. The molecule has 1 aromatic rings. The number of halogens is 1. The highest BCUT2D eigenvalue weighted by molar-refractivity contribution is 7.90. The molecule has 4 aliphatic carbocycles. The minimum atomic E-state index is -3.99. The van der Waals surface area contributed by atoms with Crippen molar-refractivity contribution in [2.75, 3.05) is 13.7 Å². The Balaban J connectivity index is 1.33. The molecule has 0 saturated heterocycles. The molecule has 50 heavy (non-hydrogen) atoms. The van der Waals surface area contributed by atoms with Crippen molar-refractivity contribution >= 4 is 24.4 Å². The summed E-state index contributed by atoms with van der Waals surface area (Å²) in [6.07, 6.45) is 7.75. The van der Waals surface area contributed by atoms with Crippen LogP contribution < -0.4 is 14.8 Å². The standard InChI is InChI=1S/C40H67FN2O5SSi/c1-12-29-34-35(41)26(3)19-22-40(34,8)32-20-23-39(7)30(17-18-31(39)33(32)36(29)48-50(10,11)38(4,5)6)25(2)21-24-42-37(44)43-49(45,46)28-15-13-27(47-9)14-16-28/h13-16,25-26,29-36H,12,17-24H2,1-11H3,(H2,42,43,44)/t25-,26-,29-,30?,31?,32?,33?,34-,35+,36?,39-,40-/m1/s1. The average Bonchev–Trinajstić information content (AvgIpc) is 3.40. The Morgan fingerprint density at radius 2 is 1.66 bits per heavy atom. The van der Waals surface area contributed by atoms with Crippen LogP contribution in [0.1, 0.15) is 107 Å². The van der Waals surface area contributed by atoms with Crippen LogP contribution in [0, 0.1) is 58.2 Å². The van der Waals surface area contributed by atoms with E-state index in [-0.39, 0.29) is 44.6 Å². The Labute approximate surface area is 304 Å². The van der Waals surface area contributed by atoms with E-state index in [2.05, 4.69) is 78.5 Å². The maximum atomic E-state index is 16.6. The van der Waals surface area contributed by atoms with E-state index >= 15 is 4.39 Å². The van der Waals surface area contributed by atoms with Crippen molar-refractivity contribution < 1.29 is 26.8 Å². The summed E-state index contributed by atoms with van der Waals surface area (Å²) in [6.45, 7) is 23.9. The Morgan fingerprint density at radius 3 is 2.26 bits per heavy atom. The summed E-state index contributed by atoms with van der Waals surface area (Å²) >= 11 is 0. The summed E-state index contributed by atoms with van der Waals surface area (Å²) in [6, 6.07) is 5.24. The molecule has 0 radical (unpaired) electrons. The minimum Gasteiger partial charge on any atom is -0.497 e. The van der Waals surface area contributed by atoms with Gasteiger partial charge < -0.3 is 14.5 Å². The van der Waals surface area contributed by atoms with Gasteiger partial charge in [0, 0.05) is 12.5 Å². The Kier molecular flexibility index (Phi) is 11.3. The van der Waals surface area contributed by atoms with Crippen LogP contribution >= 0.6 is 0 Å². The number of benzene rings is 1. The van der Waals surface area contributed by atoms with Gasteiger partial charge in [-0.1, -0.05) is 61.8 Å². The lowest BCUT2D eigenvalue weighted by molar-refractivity contribution is -0.211. The third-order valence-corrected chi connectivity index (χ3v) is 21.0. The van der Waals surface area contributed by atoms with Crippen LogP contribution in [0.4, 0.5) is 9.18 Å². The zero-order chi connectivity index (χ0) is 37.0. The number of carbonyl (C=O) groups is 1. The number of hydrogen-bond donors (Lipinski definition) is 2. The number of rotatable bonds is 10. The highest BCUT2D eigenvalue weighted by Crippen LogP contribution is 2.71. The first kappa shape index (κ1) is 39.6. The Bertz CT molecular complexity index is 1470. The summed E-state index contributed by atoms with van der Waals surface area (Å²) in [5, 5.41) is 2.89. The van der Waals surface area contributed by atoms with Gasteiger partial charge in [0.1, 0.15) is 11.9 Å². The zero-order valence-electron chi connectivity index (χ0n) is 32.8. The molecule has 1 aromatic carbocycles. The van der Waals surface area contributed by atoms with E-state index in [1.807, 2.05) is 0 Å². The molecule has 284 valence electrons. The SMILES string of the molecule is CC[C@H]1C(O[Si](C)(C)C(C)(C)C)C2C3CCC([C@H](C)CCNC(=O)NS(=O)(=O)c4ccc(OC)cc4)[C@@]3(C)CCC2[C@@]2(C)CC[C@@H](C)[C@H](F)[C@@H]12. The maximum Gasteiger partial charge on any atom is 0.328 e. The molecule has 2 N–H and O–H groups in total. The molecule has 10 heteroatoms. The van der Waals surface area contributed by atoms with Crippen LogP contribution in [0.25, 0.3) is 0 Å². The van der Waals surface area contributed by atoms with Crippen LogP contribution in [-0.2, 0) is 14.4 Å². The number of urea groups is 1. The van der Waals surface area contributed by atoms with Crippen LogP contribution in [-0.4, -0.2) is 48.7 Å². The number of carbonyl (C=O) groups excluding carboxylic acids is 1. The lowest BCUT2D eigenvalue weighted by Gasteiger charge is -2.67. The van der Waals surface area contributed by atoms with Crippen molar-refractivity contribution in [1.29, 1.82) is 0 Å². The zero-order valence-corrected chi connectivity index (χ0v) is 34.6. The molecule has 0 heterocycles. The van der Waals surface area contributed by atoms with Gasteiger partial charge in [-0.25, -0.2) is 22.3 Å². The van der Waals surface area contributed by atoms with E-state index in [1.54, 1.807) is 12.1 Å². The van der Waals surface area contributed by atoms with Gasteiger partial charge in [0.05, 0.1) is 18.1 Å². The molecule has 0 spiro atoms. The monoisotopic (exact) mass is 734 g/mol. The van der Waals surface area contributed by atoms with Gasteiger partial charge in [0.2, 0.25) is 0 Å². The van der Waals surface area contributed by atoms with Gasteiger partial charge in [-0.05, 0) is 140 Å². The van der Waals surface area contributed by atoms with Crippen molar-refractivity contribution in [2.45, 2.75) is 142 Å². The van der Waals surface area contributed by atoms with Crippen LogP contribution in [0.15, 0.2) is 29.2 Å². The van der Waals surface area contributed by atoms with Gasteiger partial charge in [0.15, 0.2) is 8.32 Å². The van der Waals surface area contributed by atoms with Crippen molar-refractivity contribution in [1.82, 2.24) is 10.0 Å². The number of nitrogens with one attached hydrogen (secondary N) is 2. The second kappa shape index (κ2) is 14.3. The second-order valence-electron chi connectivity index (χ2n) is 18.7. The molecule has 4 aliphatic rings. The van der Waals surface area contributed by atoms with Crippen LogP contribution in [0.3, 0.4) is 0 Å². The van der Waals surface area contributed by atoms with Crippen LogP contribution in [0.2, 0.25) is 18.1 Å². The predicted molar refractivity (Wildman–Crippen MR) is 202 cm³/mol. The topological polar surface area (TPSA) is 93.7 Å². The summed E-state index contributed by atoms with van der Waals surface area (Å²) in [5.74, 6) is 3.22. The third kappa shape index (κ3) is 7.04. The number of fused-ring (bicyclic) bond motifs is 5. The fraction of sp³-hybridized carbons (Fsp3) is 0.825. The molecule has 7 nitrogen and oxygen atoms in total. The average molecular weight is 735 g/mol. The first-order valence-corrected chi connectivity index (χ1v) is 23.9.